The molecule has 0 aromatic heterocycles. The summed E-state index contributed by atoms with van der Waals surface area (Å²) < 4.78 is 0. The molecule has 0 fully saturated rings. The molecule has 0 bridgehead atoms. The van der Waals surface area contributed by atoms with Crippen LogP contribution in [0, 0.1) is 41.5 Å². The lowest BCUT2D eigenvalue weighted by Crippen LogP contribution is -2.06. The summed E-state index contributed by atoms with van der Waals surface area (Å²) in [5.74, 6) is 0. The average Bonchev–Trinajstić information content (AvgIpc) is 2.42. The molecule has 0 saturated heterocycles. The van der Waals surface area contributed by atoms with Crippen LogP contribution < -0.4 is 0 Å². The molecule has 1 atom stereocenters. The van der Waals surface area contributed by atoms with E-state index in [1.165, 1.54) is 44.5 Å². The van der Waals surface area contributed by atoms with Crippen molar-refractivity contribution in [2.75, 3.05) is 0 Å². The standard InChI is InChI=1S/C19H22BrCl/c1-10-7-16(9-17(21)8-10)19(20)18-14(5)12(3)11(2)13(4)15(18)6/h7-9,19H,1-6H3. The van der Waals surface area contributed by atoms with E-state index >= 15 is 0 Å². The van der Waals surface area contributed by atoms with Gasteiger partial charge in [0.2, 0.25) is 0 Å². The van der Waals surface area contributed by atoms with Crippen molar-refractivity contribution in [3.05, 3.63) is 67.7 Å². The summed E-state index contributed by atoms with van der Waals surface area (Å²) in [6, 6.07) is 6.25. The highest BCUT2D eigenvalue weighted by molar-refractivity contribution is 9.09. The fourth-order valence-electron chi connectivity index (χ4n) is 2.99. The van der Waals surface area contributed by atoms with Crippen molar-refractivity contribution in [3.63, 3.8) is 0 Å². The Morgan fingerprint density at radius 1 is 0.762 bits per heavy atom. The van der Waals surface area contributed by atoms with Crippen molar-refractivity contribution in [2.45, 2.75) is 46.4 Å². The fourth-order valence-corrected chi connectivity index (χ4v) is 4.24. The highest BCUT2D eigenvalue weighted by Crippen LogP contribution is 2.39. The van der Waals surface area contributed by atoms with Crippen molar-refractivity contribution in [1.82, 2.24) is 0 Å². The first-order valence-electron chi connectivity index (χ1n) is 7.22. The molecule has 0 amide bonds. The SMILES string of the molecule is Cc1cc(Cl)cc(C(Br)c2c(C)c(C)c(C)c(C)c2C)c1. The van der Waals surface area contributed by atoms with Gasteiger partial charge >= 0.3 is 0 Å². The molecule has 0 aliphatic carbocycles. The molecule has 21 heavy (non-hydrogen) atoms. The Morgan fingerprint density at radius 2 is 1.24 bits per heavy atom. The summed E-state index contributed by atoms with van der Waals surface area (Å²) in [4.78, 5) is 0.174. The normalized spacial score (nSPS) is 12.6. The van der Waals surface area contributed by atoms with Crippen LogP contribution in [-0.2, 0) is 0 Å². The predicted octanol–water partition coefficient (Wildman–Crippen LogP) is 6.67. The van der Waals surface area contributed by atoms with Gasteiger partial charge < -0.3 is 0 Å². The first-order valence-corrected chi connectivity index (χ1v) is 8.51. The summed E-state index contributed by atoms with van der Waals surface area (Å²) in [5.41, 5.74) is 10.7. The van der Waals surface area contributed by atoms with E-state index in [0.29, 0.717) is 0 Å². The molecule has 2 aromatic carbocycles. The van der Waals surface area contributed by atoms with Crippen molar-refractivity contribution in [3.8, 4) is 0 Å². The van der Waals surface area contributed by atoms with Gasteiger partial charge in [0, 0.05) is 5.02 Å². The number of halogens is 2. The zero-order chi connectivity index (χ0) is 15.9. The topological polar surface area (TPSA) is 0 Å². The second-order valence-electron chi connectivity index (χ2n) is 5.96. The first-order chi connectivity index (χ1) is 9.73. The van der Waals surface area contributed by atoms with Gasteiger partial charge in [-0.25, -0.2) is 0 Å². The van der Waals surface area contributed by atoms with Crippen LogP contribution in [0.3, 0.4) is 0 Å². The third-order valence-electron chi connectivity index (χ3n) is 4.67. The molecule has 0 aliphatic heterocycles. The maximum Gasteiger partial charge on any atom is 0.0650 e. The summed E-state index contributed by atoms with van der Waals surface area (Å²) in [7, 11) is 0. The number of hydrogen-bond donors (Lipinski definition) is 0. The highest BCUT2D eigenvalue weighted by Gasteiger charge is 2.20. The van der Waals surface area contributed by atoms with E-state index in [0.717, 1.165) is 5.02 Å². The third-order valence-corrected chi connectivity index (χ3v) is 5.87. The lowest BCUT2D eigenvalue weighted by Gasteiger charge is -2.23. The number of rotatable bonds is 2. The van der Waals surface area contributed by atoms with Crippen LogP contribution in [0.2, 0.25) is 5.02 Å². The minimum absolute atomic E-state index is 0.174. The largest absolute Gasteiger partial charge is 0.0843 e. The van der Waals surface area contributed by atoms with Gasteiger partial charge in [0.25, 0.3) is 0 Å². The van der Waals surface area contributed by atoms with E-state index in [9.17, 15) is 0 Å². The van der Waals surface area contributed by atoms with Gasteiger partial charge in [-0.3, -0.25) is 0 Å². The lowest BCUT2D eigenvalue weighted by molar-refractivity contribution is 1.05. The quantitative estimate of drug-likeness (QED) is 0.521. The van der Waals surface area contributed by atoms with Gasteiger partial charge in [-0.05, 0) is 98.2 Å². The summed E-state index contributed by atoms with van der Waals surface area (Å²) in [5, 5.41) is 0.797. The van der Waals surface area contributed by atoms with Gasteiger partial charge in [0.05, 0.1) is 4.83 Å². The molecule has 0 N–H and O–H groups in total. The zero-order valence-corrected chi connectivity index (χ0v) is 15.9. The number of aryl methyl sites for hydroxylation is 1. The highest BCUT2D eigenvalue weighted by atomic mass is 79.9. The third kappa shape index (κ3) is 3.05. The van der Waals surface area contributed by atoms with Gasteiger partial charge in [-0.1, -0.05) is 33.6 Å². The van der Waals surface area contributed by atoms with Crippen molar-refractivity contribution >= 4 is 27.5 Å². The van der Waals surface area contributed by atoms with Gasteiger partial charge in [-0.2, -0.15) is 0 Å². The Morgan fingerprint density at radius 3 is 1.71 bits per heavy atom. The molecule has 0 spiro atoms. The summed E-state index contributed by atoms with van der Waals surface area (Å²) >= 11 is 10.1. The maximum absolute atomic E-state index is 6.23. The molecule has 0 radical (unpaired) electrons. The van der Waals surface area contributed by atoms with E-state index in [1.807, 2.05) is 6.07 Å². The van der Waals surface area contributed by atoms with Crippen molar-refractivity contribution < 1.29 is 0 Å². The second kappa shape index (κ2) is 6.14. The van der Waals surface area contributed by atoms with Crippen molar-refractivity contribution in [2.24, 2.45) is 0 Å². The summed E-state index contributed by atoms with van der Waals surface area (Å²) in [6.45, 7) is 13.2. The minimum atomic E-state index is 0.174. The Bertz CT molecular complexity index is 652. The van der Waals surface area contributed by atoms with Crippen LogP contribution in [-0.4, -0.2) is 0 Å². The molecule has 2 aromatic rings. The predicted molar refractivity (Wildman–Crippen MR) is 97.1 cm³/mol. The van der Waals surface area contributed by atoms with Crippen LogP contribution in [0.1, 0.15) is 49.3 Å². The molecule has 0 heterocycles. The van der Waals surface area contributed by atoms with Gasteiger partial charge in [0.15, 0.2) is 0 Å². The molecule has 0 saturated carbocycles. The van der Waals surface area contributed by atoms with Crippen LogP contribution in [0.15, 0.2) is 18.2 Å². The number of alkyl halides is 1. The zero-order valence-electron chi connectivity index (χ0n) is 13.6. The van der Waals surface area contributed by atoms with Crippen LogP contribution in [0.25, 0.3) is 0 Å². The Hall–Kier alpha value is -0.790. The number of hydrogen-bond acceptors (Lipinski definition) is 0. The fraction of sp³-hybridized carbons (Fsp3) is 0.368. The first kappa shape index (κ1) is 16.6. The van der Waals surface area contributed by atoms with Crippen molar-refractivity contribution in [1.29, 1.82) is 0 Å². The number of benzene rings is 2. The van der Waals surface area contributed by atoms with E-state index in [-0.39, 0.29) is 4.83 Å². The molecule has 0 aliphatic rings. The molecular formula is C19H22BrCl. The van der Waals surface area contributed by atoms with E-state index in [4.69, 9.17) is 11.6 Å². The van der Waals surface area contributed by atoms with Gasteiger partial charge in [0.1, 0.15) is 0 Å². The maximum atomic E-state index is 6.23. The van der Waals surface area contributed by atoms with Crippen LogP contribution in [0.4, 0.5) is 0 Å². The van der Waals surface area contributed by atoms with Gasteiger partial charge in [-0.15, -0.1) is 0 Å². The summed E-state index contributed by atoms with van der Waals surface area (Å²) in [6.07, 6.45) is 0. The minimum Gasteiger partial charge on any atom is -0.0843 e. The van der Waals surface area contributed by atoms with Crippen LogP contribution >= 0.6 is 27.5 Å². The monoisotopic (exact) mass is 364 g/mol. The molecule has 0 nitrogen and oxygen atoms in total. The lowest BCUT2D eigenvalue weighted by atomic mass is 9.86. The van der Waals surface area contributed by atoms with E-state index in [1.54, 1.807) is 0 Å². The molecule has 1 unspecified atom stereocenters. The molecule has 112 valence electrons. The Labute approximate surface area is 141 Å². The van der Waals surface area contributed by atoms with E-state index < -0.39 is 0 Å². The Balaban J connectivity index is 2.66. The molecule has 2 heteroatoms. The van der Waals surface area contributed by atoms with Crippen LogP contribution in [0.5, 0.6) is 0 Å². The Kier molecular flexibility index (Phi) is 4.85. The molecule has 2 rings (SSSR count). The second-order valence-corrected chi connectivity index (χ2v) is 7.32. The molecular weight excluding hydrogens is 344 g/mol. The smallest absolute Gasteiger partial charge is 0.0650 e. The van der Waals surface area contributed by atoms with E-state index in [2.05, 4.69) is 69.6 Å². The average molecular weight is 366 g/mol.